The molecule has 0 aliphatic carbocycles. The van der Waals surface area contributed by atoms with Crippen LogP contribution in [0.4, 0.5) is 5.69 Å². The Labute approximate surface area is 167 Å². The van der Waals surface area contributed by atoms with Crippen LogP contribution >= 0.6 is 0 Å². The number of para-hydroxylation sites is 1. The van der Waals surface area contributed by atoms with Crippen molar-refractivity contribution < 1.29 is 4.74 Å². The van der Waals surface area contributed by atoms with Crippen molar-refractivity contribution in [3.63, 3.8) is 0 Å². The van der Waals surface area contributed by atoms with Gasteiger partial charge in [-0.3, -0.25) is 0 Å². The first-order chi connectivity index (χ1) is 13.8. The quantitative estimate of drug-likeness (QED) is 0.475. The van der Waals surface area contributed by atoms with Gasteiger partial charge in [-0.05, 0) is 30.7 Å². The third kappa shape index (κ3) is 4.30. The van der Waals surface area contributed by atoms with E-state index < -0.39 is 0 Å². The highest BCUT2D eigenvalue weighted by atomic mass is 16.5. The molecule has 146 valence electrons. The molecular weight excluding hydrogens is 348 g/mol. The summed E-state index contributed by atoms with van der Waals surface area (Å²) in [6.45, 7) is 6.29. The van der Waals surface area contributed by atoms with E-state index in [4.69, 9.17) is 9.73 Å². The number of fused-ring (bicyclic) bond motifs is 1. The molecule has 5 heteroatoms. The molecule has 0 saturated heterocycles. The predicted molar refractivity (Wildman–Crippen MR) is 115 cm³/mol. The second-order valence-electron chi connectivity index (χ2n) is 7.11. The molecule has 5 nitrogen and oxygen atoms in total. The number of hydrogen-bond acceptors (Lipinski definition) is 3. The van der Waals surface area contributed by atoms with Gasteiger partial charge >= 0.3 is 0 Å². The number of rotatable bonds is 5. The molecule has 0 fully saturated rings. The predicted octanol–water partition coefficient (Wildman–Crippen LogP) is 3.64. The van der Waals surface area contributed by atoms with Crippen molar-refractivity contribution in [3.05, 3.63) is 71.8 Å². The summed E-state index contributed by atoms with van der Waals surface area (Å²) in [5.74, 6) is 1.81. The van der Waals surface area contributed by atoms with Crippen molar-refractivity contribution in [3.8, 4) is 5.75 Å². The van der Waals surface area contributed by atoms with Crippen LogP contribution in [0, 0.1) is 0 Å². The largest absolute Gasteiger partial charge is 0.493 e. The van der Waals surface area contributed by atoms with Crippen molar-refractivity contribution in [2.75, 3.05) is 31.1 Å². The van der Waals surface area contributed by atoms with Gasteiger partial charge in [0.05, 0.1) is 19.2 Å². The Bertz CT molecular complexity index is 836. The number of nitrogens with zero attached hydrogens (tertiary/aromatic N) is 2. The van der Waals surface area contributed by atoms with Crippen LogP contribution in [-0.2, 0) is 6.54 Å². The van der Waals surface area contributed by atoms with Gasteiger partial charge in [0.25, 0.3) is 0 Å². The molecule has 2 aliphatic rings. The highest BCUT2D eigenvalue weighted by molar-refractivity contribution is 5.80. The topological polar surface area (TPSA) is 48.9 Å². The van der Waals surface area contributed by atoms with Crippen molar-refractivity contribution in [2.45, 2.75) is 25.9 Å². The maximum absolute atomic E-state index is 5.77. The lowest BCUT2D eigenvalue weighted by atomic mass is 10.0. The molecule has 4 rings (SSSR count). The Hall–Kier alpha value is -2.95. The van der Waals surface area contributed by atoms with E-state index in [0.29, 0.717) is 6.54 Å². The molecular formula is C23H28N4O. The van der Waals surface area contributed by atoms with Gasteiger partial charge in [-0.25, -0.2) is 4.99 Å². The first-order valence-corrected chi connectivity index (χ1v) is 10.1. The molecule has 2 N–H and O–H groups in total. The van der Waals surface area contributed by atoms with E-state index in [2.05, 4.69) is 71.0 Å². The second-order valence-corrected chi connectivity index (χ2v) is 7.11. The van der Waals surface area contributed by atoms with Gasteiger partial charge in [-0.1, -0.05) is 42.5 Å². The molecule has 0 aromatic heterocycles. The highest BCUT2D eigenvalue weighted by Crippen LogP contribution is 2.31. The molecule has 1 atom stereocenters. The Balaban J connectivity index is 1.42. The average Bonchev–Trinajstić information content (AvgIpc) is 3.28. The van der Waals surface area contributed by atoms with Gasteiger partial charge in [-0.15, -0.1) is 0 Å². The number of anilines is 1. The lowest BCUT2D eigenvalue weighted by Crippen LogP contribution is -2.41. The summed E-state index contributed by atoms with van der Waals surface area (Å²) < 4.78 is 5.77. The maximum atomic E-state index is 5.77. The van der Waals surface area contributed by atoms with Crippen LogP contribution in [0.3, 0.4) is 0 Å². The van der Waals surface area contributed by atoms with Gasteiger partial charge in [0.1, 0.15) is 5.75 Å². The third-order valence-electron chi connectivity index (χ3n) is 5.15. The lowest BCUT2D eigenvalue weighted by molar-refractivity contribution is 0.261. The zero-order valence-corrected chi connectivity index (χ0v) is 16.4. The standard InChI is InChI=1S/C23H28N4O/c1-2-24-23(26-21-13-16-28-22-8-4-3-7-20(21)22)25-17-18-9-11-19(12-10-18)27-14-5-6-15-27/h3-12,21H,2,13-17H2,1H3,(H2,24,25,26). The van der Waals surface area contributed by atoms with Crippen LogP contribution < -0.4 is 20.3 Å². The van der Waals surface area contributed by atoms with Crippen LogP contribution in [0.5, 0.6) is 5.75 Å². The van der Waals surface area contributed by atoms with Crippen LogP contribution in [0.2, 0.25) is 0 Å². The molecule has 0 amide bonds. The summed E-state index contributed by atoms with van der Waals surface area (Å²) in [5, 5.41) is 6.95. The summed E-state index contributed by atoms with van der Waals surface area (Å²) >= 11 is 0. The molecule has 28 heavy (non-hydrogen) atoms. The minimum atomic E-state index is 0.216. The Morgan fingerprint density at radius 2 is 1.89 bits per heavy atom. The molecule has 0 radical (unpaired) electrons. The van der Waals surface area contributed by atoms with Gasteiger partial charge in [-0.2, -0.15) is 0 Å². The molecule has 2 heterocycles. The number of hydrogen-bond donors (Lipinski definition) is 2. The molecule has 0 bridgehead atoms. The van der Waals surface area contributed by atoms with Crippen LogP contribution in [0.15, 0.2) is 65.7 Å². The number of aliphatic imine (C=N–C) groups is 1. The van der Waals surface area contributed by atoms with E-state index in [1.807, 2.05) is 12.1 Å². The van der Waals surface area contributed by atoms with E-state index in [-0.39, 0.29) is 6.04 Å². The van der Waals surface area contributed by atoms with Crippen LogP contribution in [0.1, 0.15) is 30.5 Å². The number of benzene rings is 2. The van der Waals surface area contributed by atoms with E-state index in [9.17, 15) is 0 Å². The molecule has 2 aromatic carbocycles. The van der Waals surface area contributed by atoms with Gasteiger partial charge in [0, 0.05) is 37.3 Å². The van der Waals surface area contributed by atoms with Crippen molar-refractivity contribution >= 4 is 11.6 Å². The third-order valence-corrected chi connectivity index (χ3v) is 5.15. The smallest absolute Gasteiger partial charge is 0.192 e. The van der Waals surface area contributed by atoms with Gasteiger partial charge < -0.3 is 20.3 Å². The summed E-state index contributed by atoms with van der Waals surface area (Å²) in [7, 11) is 0. The summed E-state index contributed by atoms with van der Waals surface area (Å²) in [4.78, 5) is 7.15. The van der Waals surface area contributed by atoms with E-state index in [0.717, 1.165) is 44.4 Å². The average molecular weight is 377 g/mol. The summed E-state index contributed by atoms with van der Waals surface area (Å²) in [6.07, 6.45) is 5.35. The molecule has 2 aliphatic heterocycles. The number of guanidine groups is 1. The monoisotopic (exact) mass is 376 g/mol. The van der Waals surface area contributed by atoms with Crippen LogP contribution in [-0.4, -0.2) is 32.2 Å². The second kappa shape index (κ2) is 8.83. The zero-order valence-electron chi connectivity index (χ0n) is 16.4. The number of ether oxygens (including phenoxy) is 1. The minimum Gasteiger partial charge on any atom is -0.493 e. The Kier molecular flexibility index (Phi) is 5.80. The van der Waals surface area contributed by atoms with E-state index in [1.54, 1.807) is 0 Å². The van der Waals surface area contributed by atoms with Crippen LogP contribution in [0.25, 0.3) is 0 Å². The number of nitrogens with one attached hydrogen (secondary N) is 2. The fourth-order valence-corrected chi connectivity index (χ4v) is 3.65. The first-order valence-electron chi connectivity index (χ1n) is 10.1. The molecule has 1 unspecified atom stereocenters. The normalized spacial score (nSPS) is 18.5. The van der Waals surface area contributed by atoms with E-state index >= 15 is 0 Å². The van der Waals surface area contributed by atoms with Crippen molar-refractivity contribution in [2.24, 2.45) is 4.99 Å². The SMILES string of the molecule is CCNC(=NCc1ccc(N2CC=CC2)cc1)NC1CCOc2ccccc21. The molecule has 2 aromatic rings. The highest BCUT2D eigenvalue weighted by Gasteiger charge is 2.21. The lowest BCUT2D eigenvalue weighted by Gasteiger charge is -2.28. The van der Waals surface area contributed by atoms with Crippen molar-refractivity contribution in [1.82, 2.24) is 10.6 Å². The molecule has 0 spiro atoms. The van der Waals surface area contributed by atoms with Crippen molar-refractivity contribution in [1.29, 1.82) is 0 Å². The van der Waals surface area contributed by atoms with E-state index in [1.165, 1.54) is 16.8 Å². The van der Waals surface area contributed by atoms with Gasteiger partial charge in [0.2, 0.25) is 0 Å². The summed E-state index contributed by atoms with van der Waals surface area (Å²) in [6, 6.07) is 17.2. The van der Waals surface area contributed by atoms with Gasteiger partial charge in [0.15, 0.2) is 5.96 Å². The minimum absolute atomic E-state index is 0.216. The fraction of sp³-hybridized carbons (Fsp3) is 0.348. The Morgan fingerprint density at radius 1 is 1.11 bits per heavy atom. The maximum Gasteiger partial charge on any atom is 0.192 e. The zero-order chi connectivity index (χ0) is 19.2. The Morgan fingerprint density at radius 3 is 2.68 bits per heavy atom. The summed E-state index contributed by atoms with van der Waals surface area (Å²) in [5.41, 5.74) is 3.67. The first kappa shape index (κ1) is 18.4. The molecule has 0 saturated carbocycles. The fourth-order valence-electron chi connectivity index (χ4n) is 3.65.